The first kappa shape index (κ1) is 17.1. The first-order valence-electron chi connectivity index (χ1n) is 5.46. The number of esters is 1. The number of halogens is 1. The maximum absolute atomic E-state index is 11.9. The van der Waals surface area contributed by atoms with Gasteiger partial charge in [0.2, 0.25) is 10.0 Å². The first-order valence-corrected chi connectivity index (χ1v) is 8.55. The van der Waals surface area contributed by atoms with Crippen molar-refractivity contribution in [3.05, 3.63) is 14.7 Å². The Labute approximate surface area is 128 Å². The zero-order chi connectivity index (χ0) is 15.3. The number of thiophene rings is 1. The van der Waals surface area contributed by atoms with E-state index in [2.05, 4.69) is 25.4 Å². The molecule has 7 nitrogen and oxygen atoms in total. The van der Waals surface area contributed by atoms with Gasteiger partial charge in [0.15, 0.2) is 0 Å². The number of hydrogen-bond acceptors (Lipinski definition) is 6. The first-order chi connectivity index (χ1) is 9.27. The van der Waals surface area contributed by atoms with Crippen LogP contribution in [0.2, 0.25) is 0 Å². The summed E-state index contributed by atoms with van der Waals surface area (Å²) >= 11 is 3.81. The van der Waals surface area contributed by atoms with Gasteiger partial charge in [0.05, 0.1) is 16.8 Å². The van der Waals surface area contributed by atoms with Crippen LogP contribution in [0.15, 0.2) is 14.7 Å². The highest BCUT2D eigenvalue weighted by atomic mass is 79.9. The molecule has 0 aromatic carbocycles. The van der Waals surface area contributed by atoms with Crippen molar-refractivity contribution in [1.29, 1.82) is 0 Å². The molecule has 0 amide bonds. The Balaban J connectivity index is 2.74. The Morgan fingerprint density at radius 1 is 1.50 bits per heavy atom. The smallest absolute Gasteiger partial charge is 0.345 e. The van der Waals surface area contributed by atoms with Crippen LogP contribution in [0, 0.1) is 0 Å². The fraction of sp³-hybridized carbons (Fsp3) is 0.400. The van der Waals surface area contributed by atoms with Crippen LogP contribution in [0.5, 0.6) is 0 Å². The lowest BCUT2D eigenvalue weighted by atomic mass is 10.4. The molecule has 10 heteroatoms. The van der Waals surface area contributed by atoms with E-state index in [1.807, 2.05) is 0 Å². The number of carboxylic acids is 1. The van der Waals surface area contributed by atoms with E-state index in [0.29, 0.717) is 0 Å². The standard InChI is InChI=1S/C10H12BrNO6S2/c1-2-18-8(13)3-4-12-20(16,17)7-5-6(10(14)15)19-9(7)11/h5,12H,2-4H2,1H3,(H,14,15). The molecule has 112 valence electrons. The molecule has 1 aromatic heterocycles. The van der Waals surface area contributed by atoms with Gasteiger partial charge in [-0.25, -0.2) is 17.9 Å². The summed E-state index contributed by atoms with van der Waals surface area (Å²) in [5, 5.41) is 8.81. The lowest BCUT2D eigenvalue weighted by Gasteiger charge is -2.05. The van der Waals surface area contributed by atoms with E-state index in [1.54, 1.807) is 6.92 Å². The second kappa shape index (κ2) is 7.16. The van der Waals surface area contributed by atoms with Crippen molar-refractivity contribution < 1.29 is 27.9 Å². The van der Waals surface area contributed by atoms with Gasteiger partial charge in [0.1, 0.15) is 9.77 Å². The highest BCUT2D eigenvalue weighted by Gasteiger charge is 2.23. The van der Waals surface area contributed by atoms with Crippen LogP contribution in [-0.2, 0) is 19.6 Å². The van der Waals surface area contributed by atoms with Crippen LogP contribution >= 0.6 is 27.3 Å². The van der Waals surface area contributed by atoms with Crippen LogP contribution in [-0.4, -0.2) is 38.6 Å². The normalized spacial score (nSPS) is 11.3. The van der Waals surface area contributed by atoms with Gasteiger partial charge in [-0.1, -0.05) is 0 Å². The molecular weight excluding hydrogens is 374 g/mol. The van der Waals surface area contributed by atoms with Crippen molar-refractivity contribution in [2.75, 3.05) is 13.2 Å². The molecule has 2 N–H and O–H groups in total. The monoisotopic (exact) mass is 385 g/mol. The van der Waals surface area contributed by atoms with Crippen molar-refractivity contribution in [3.63, 3.8) is 0 Å². The average molecular weight is 386 g/mol. The summed E-state index contributed by atoms with van der Waals surface area (Å²) in [6, 6.07) is 1.06. The molecule has 1 heterocycles. The molecule has 0 atom stereocenters. The van der Waals surface area contributed by atoms with Crippen molar-refractivity contribution in [1.82, 2.24) is 4.72 Å². The molecule has 0 spiro atoms. The van der Waals surface area contributed by atoms with Crippen LogP contribution in [0.4, 0.5) is 0 Å². The summed E-state index contributed by atoms with van der Waals surface area (Å²) in [6.07, 6.45) is -0.0966. The molecule has 0 saturated carbocycles. The zero-order valence-electron chi connectivity index (χ0n) is 10.4. The maximum atomic E-state index is 11.9. The number of hydrogen-bond donors (Lipinski definition) is 2. The van der Waals surface area contributed by atoms with Crippen molar-refractivity contribution in [3.8, 4) is 0 Å². The molecule has 1 rings (SSSR count). The average Bonchev–Trinajstić information content (AvgIpc) is 2.72. The summed E-state index contributed by atoms with van der Waals surface area (Å²) in [5.74, 6) is -1.71. The Kier molecular flexibility index (Phi) is 6.11. The molecule has 0 bridgehead atoms. The second-order valence-corrected chi connectivity index (χ2v) is 7.61. The number of sulfonamides is 1. The lowest BCUT2D eigenvalue weighted by molar-refractivity contribution is -0.142. The van der Waals surface area contributed by atoms with Crippen molar-refractivity contribution in [2.45, 2.75) is 18.2 Å². The molecule has 0 aliphatic rings. The zero-order valence-corrected chi connectivity index (χ0v) is 13.6. The molecule has 0 unspecified atom stereocenters. The van der Waals surface area contributed by atoms with Gasteiger partial charge in [-0.3, -0.25) is 4.79 Å². The van der Waals surface area contributed by atoms with Crippen LogP contribution in [0.1, 0.15) is 23.0 Å². The molecule has 0 fully saturated rings. The molecular formula is C10H12BrNO6S2. The number of rotatable bonds is 7. The van der Waals surface area contributed by atoms with Crippen molar-refractivity contribution >= 4 is 49.2 Å². The summed E-state index contributed by atoms with van der Waals surface area (Å²) in [4.78, 5) is 21.6. The third-order valence-electron chi connectivity index (χ3n) is 2.08. The number of carboxylic acid groups (broad SMARTS) is 1. The van der Waals surface area contributed by atoms with E-state index < -0.39 is 22.0 Å². The van der Waals surface area contributed by atoms with E-state index in [1.165, 1.54) is 0 Å². The van der Waals surface area contributed by atoms with Gasteiger partial charge in [0.25, 0.3) is 0 Å². The van der Waals surface area contributed by atoms with Gasteiger partial charge in [-0.05, 0) is 28.9 Å². The second-order valence-electron chi connectivity index (χ2n) is 3.51. The summed E-state index contributed by atoms with van der Waals surface area (Å²) in [7, 11) is -3.87. The number of ether oxygens (including phenoxy) is 1. The van der Waals surface area contributed by atoms with E-state index in [9.17, 15) is 18.0 Å². The molecule has 0 aliphatic carbocycles. The predicted octanol–water partition coefficient (Wildman–Crippen LogP) is 1.44. The Bertz CT molecular complexity index is 609. The van der Waals surface area contributed by atoms with Gasteiger partial charge in [0, 0.05) is 6.54 Å². The van der Waals surface area contributed by atoms with Gasteiger partial charge in [-0.2, -0.15) is 0 Å². The minimum atomic E-state index is -3.87. The van der Waals surface area contributed by atoms with E-state index >= 15 is 0 Å². The van der Waals surface area contributed by atoms with Crippen LogP contribution < -0.4 is 4.72 Å². The molecule has 0 aliphatic heterocycles. The van der Waals surface area contributed by atoms with Gasteiger partial charge >= 0.3 is 11.9 Å². The van der Waals surface area contributed by atoms with Crippen LogP contribution in [0.25, 0.3) is 0 Å². The predicted molar refractivity (Wildman–Crippen MR) is 75.4 cm³/mol. The number of carbonyl (C=O) groups is 2. The minimum Gasteiger partial charge on any atom is -0.477 e. The highest BCUT2D eigenvalue weighted by molar-refractivity contribution is 9.11. The van der Waals surface area contributed by atoms with E-state index in [0.717, 1.165) is 17.4 Å². The van der Waals surface area contributed by atoms with Gasteiger partial charge in [-0.15, -0.1) is 11.3 Å². The lowest BCUT2D eigenvalue weighted by Crippen LogP contribution is -2.26. The number of aromatic carboxylic acids is 1. The summed E-state index contributed by atoms with van der Waals surface area (Å²) in [6.45, 7) is 1.76. The van der Waals surface area contributed by atoms with Crippen LogP contribution in [0.3, 0.4) is 0 Å². The minimum absolute atomic E-state index is 0.0948. The Hall–Kier alpha value is -0.970. The quantitative estimate of drug-likeness (QED) is 0.687. The molecule has 1 aromatic rings. The fourth-order valence-corrected chi connectivity index (χ4v) is 4.67. The topological polar surface area (TPSA) is 110 Å². The van der Waals surface area contributed by atoms with E-state index in [4.69, 9.17) is 5.11 Å². The third-order valence-corrected chi connectivity index (χ3v) is 5.78. The molecule has 0 radical (unpaired) electrons. The maximum Gasteiger partial charge on any atom is 0.345 e. The third kappa shape index (κ3) is 4.54. The number of carbonyl (C=O) groups excluding carboxylic acids is 1. The SMILES string of the molecule is CCOC(=O)CCNS(=O)(=O)c1cc(C(=O)O)sc1Br. The number of nitrogens with one attached hydrogen (secondary N) is 1. The van der Waals surface area contributed by atoms with Gasteiger partial charge < -0.3 is 9.84 Å². The van der Waals surface area contributed by atoms with E-state index in [-0.39, 0.29) is 33.1 Å². The highest BCUT2D eigenvalue weighted by Crippen LogP contribution is 2.31. The van der Waals surface area contributed by atoms with Crippen molar-refractivity contribution in [2.24, 2.45) is 0 Å². The Morgan fingerprint density at radius 3 is 2.65 bits per heavy atom. The molecule has 0 saturated heterocycles. The summed E-state index contributed by atoms with van der Waals surface area (Å²) < 4.78 is 31.0. The molecule has 20 heavy (non-hydrogen) atoms. The largest absolute Gasteiger partial charge is 0.477 e. The fourth-order valence-electron chi connectivity index (χ4n) is 1.24. The summed E-state index contributed by atoms with van der Waals surface area (Å²) in [5.41, 5.74) is 0. The Morgan fingerprint density at radius 2 is 2.15 bits per heavy atom.